The first-order valence-corrected chi connectivity index (χ1v) is 10.5. The summed E-state index contributed by atoms with van der Waals surface area (Å²) in [6.07, 6.45) is 0. The van der Waals surface area contributed by atoms with Crippen LogP contribution in [0.4, 0.5) is 5.69 Å². The van der Waals surface area contributed by atoms with Crippen molar-refractivity contribution >= 4 is 44.3 Å². The van der Waals surface area contributed by atoms with Gasteiger partial charge in [0.05, 0.1) is 17.4 Å². The van der Waals surface area contributed by atoms with Gasteiger partial charge in [-0.1, -0.05) is 28.1 Å². The second kappa shape index (κ2) is 9.30. The molecule has 2 amide bonds. The number of hydrogen-bond donors (Lipinski definition) is 1. The van der Waals surface area contributed by atoms with Crippen LogP contribution >= 0.6 is 15.9 Å². The van der Waals surface area contributed by atoms with Crippen molar-refractivity contribution in [2.24, 2.45) is 0 Å². The molecule has 0 aliphatic heterocycles. The summed E-state index contributed by atoms with van der Waals surface area (Å²) >= 11 is 3.38. The number of hydrogen-bond acceptors (Lipinski definition) is 4. The zero-order valence-electron chi connectivity index (χ0n) is 17.5. The van der Waals surface area contributed by atoms with Crippen LogP contribution < -0.4 is 16.6 Å². The Bertz CT molecular complexity index is 1280. The van der Waals surface area contributed by atoms with Crippen LogP contribution in [0, 0.1) is 6.92 Å². The number of amides is 2. The molecule has 2 aromatic carbocycles. The smallest absolute Gasteiger partial charge is 0.331 e. The predicted molar refractivity (Wildman–Crippen MR) is 123 cm³/mol. The van der Waals surface area contributed by atoms with Gasteiger partial charge in [0.25, 0.3) is 5.56 Å². The first kappa shape index (κ1) is 22.5. The molecular formula is C22H23BrN4O4. The van der Waals surface area contributed by atoms with Crippen LogP contribution in [0.1, 0.15) is 12.5 Å². The largest absolute Gasteiger partial charge is 0.335 e. The third-order valence-electron chi connectivity index (χ3n) is 5.01. The molecule has 0 saturated heterocycles. The summed E-state index contributed by atoms with van der Waals surface area (Å²) in [4.78, 5) is 51.8. The fraction of sp³-hybridized carbons (Fsp3) is 0.273. The lowest BCUT2D eigenvalue weighted by atomic mass is 10.2. The number of carbonyl (C=O) groups excluding carboxylic acids is 2. The number of aromatic nitrogens is 2. The Balaban J connectivity index is 1.80. The summed E-state index contributed by atoms with van der Waals surface area (Å²) in [6, 6.07) is 12.1. The summed E-state index contributed by atoms with van der Waals surface area (Å²) in [5.74, 6) is -0.770. The van der Waals surface area contributed by atoms with Crippen molar-refractivity contribution in [1.82, 2.24) is 14.0 Å². The highest BCUT2D eigenvalue weighted by atomic mass is 79.9. The molecule has 0 atom stereocenters. The fourth-order valence-electron chi connectivity index (χ4n) is 3.32. The van der Waals surface area contributed by atoms with Crippen LogP contribution in [0.2, 0.25) is 0 Å². The number of anilines is 1. The molecule has 0 aliphatic carbocycles. The Kier molecular flexibility index (Phi) is 6.74. The molecule has 31 heavy (non-hydrogen) atoms. The van der Waals surface area contributed by atoms with E-state index in [0.29, 0.717) is 16.6 Å². The van der Waals surface area contributed by atoms with Crippen LogP contribution in [0.15, 0.2) is 56.5 Å². The lowest BCUT2D eigenvalue weighted by Gasteiger charge is -2.19. The highest BCUT2D eigenvalue weighted by Gasteiger charge is 2.18. The Morgan fingerprint density at radius 2 is 1.81 bits per heavy atom. The topological polar surface area (TPSA) is 93.4 Å². The molecule has 162 valence electrons. The van der Waals surface area contributed by atoms with Gasteiger partial charge in [-0.05, 0) is 49.7 Å². The Hall–Kier alpha value is -3.20. The van der Waals surface area contributed by atoms with E-state index >= 15 is 0 Å². The number of carbonyl (C=O) groups is 2. The van der Waals surface area contributed by atoms with Crippen LogP contribution in [0.5, 0.6) is 0 Å². The number of likely N-dealkylation sites (N-methyl/N-ethyl adjacent to an activating group) is 1. The van der Waals surface area contributed by atoms with Gasteiger partial charge < -0.3 is 10.2 Å². The van der Waals surface area contributed by atoms with E-state index in [-0.39, 0.29) is 31.1 Å². The third-order valence-corrected chi connectivity index (χ3v) is 5.50. The van der Waals surface area contributed by atoms with Crippen molar-refractivity contribution < 1.29 is 9.59 Å². The monoisotopic (exact) mass is 486 g/mol. The standard InChI is InChI=1S/C22H23BrN4O4/c1-4-26-21(30)16-7-5-6-8-18(16)27(22(26)31)13-20(29)25(3)12-19(28)24-17-10-9-15(23)11-14(17)2/h5-11H,4,12-13H2,1-3H3,(H,24,28). The second-order valence-corrected chi connectivity index (χ2v) is 8.11. The maximum Gasteiger partial charge on any atom is 0.331 e. The molecule has 0 saturated carbocycles. The zero-order valence-corrected chi connectivity index (χ0v) is 19.1. The molecule has 3 aromatic rings. The Labute approximate surface area is 187 Å². The maximum atomic E-state index is 12.8. The van der Waals surface area contributed by atoms with Gasteiger partial charge >= 0.3 is 5.69 Å². The van der Waals surface area contributed by atoms with E-state index in [1.807, 2.05) is 19.1 Å². The van der Waals surface area contributed by atoms with Crippen LogP contribution in [-0.4, -0.2) is 39.4 Å². The minimum Gasteiger partial charge on any atom is -0.335 e. The van der Waals surface area contributed by atoms with Crippen molar-refractivity contribution in [2.45, 2.75) is 26.9 Å². The molecule has 1 aromatic heterocycles. The zero-order chi connectivity index (χ0) is 22.7. The predicted octanol–water partition coefficient (Wildman–Crippen LogP) is 2.35. The average molecular weight is 487 g/mol. The van der Waals surface area contributed by atoms with E-state index < -0.39 is 11.6 Å². The lowest BCUT2D eigenvalue weighted by Crippen LogP contribution is -2.43. The second-order valence-electron chi connectivity index (χ2n) is 7.19. The molecule has 0 unspecified atom stereocenters. The molecule has 9 heteroatoms. The van der Waals surface area contributed by atoms with Gasteiger partial charge in [-0.25, -0.2) is 4.79 Å². The minimum absolute atomic E-state index is 0.172. The van der Waals surface area contributed by atoms with Crippen LogP contribution in [-0.2, 0) is 22.7 Å². The molecule has 1 heterocycles. The fourth-order valence-corrected chi connectivity index (χ4v) is 3.79. The molecule has 0 fully saturated rings. The minimum atomic E-state index is -0.553. The van der Waals surface area contributed by atoms with Gasteiger partial charge in [-0.2, -0.15) is 0 Å². The van der Waals surface area contributed by atoms with Crippen molar-refractivity contribution in [3.63, 3.8) is 0 Å². The molecule has 0 spiro atoms. The molecule has 3 rings (SSSR count). The van der Waals surface area contributed by atoms with Gasteiger partial charge in [0.2, 0.25) is 11.8 Å². The van der Waals surface area contributed by atoms with Gasteiger partial charge in [-0.15, -0.1) is 0 Å². The first-order valence-electron chi connectivity index (χ1n) is 9.75. The summed E-state index contributed by atoms with van der Waals surface area (Å²) in [5, 5.41) is 3.15. The highest BCUT2D eigenvalue weighted by Crippen LogP contribution is 2.20. The molecule has 0 bridgehead atoms. The van der Waals surface area contributed by atoms with Crippen molar-refractivity contribution in [3.05, 3.63) is 73.3 Å². The van der Waals surface area contributed by atoms with Gasteiger partial charge in [0, 0.05) is 23.8 Å². The van der Waals surface area contributed by atoms with E-state index in [2.05, 4.69) is 21.2 Å². The van der Waals surface area contributed by atoms with Crippen LogP contribution in [0.3, 0.4) is 0 Å². The van der Waals surface area contributed by atoms with Gasteiger partial charge in [0.15, 0.2) is 0 Å². The van der Waals surface area contributed by atoms with E-state index in [0.717, 1.165) is 14.6 Å². The number of aryl methyl sites for hydroxylation is 1. The molecular weight excluding hydrogens is 464 g/mol. The van der Waals surface area contributed by atoms with E-state index in [9.17, 15) is 19.2 Å². The number of nitrogens with one attached hydrogen (secondary N) is 1. The van der Waals surface area contributed by atoms with Crippen molar-refractivity contribution in [2.75, 3.05) is 18.9 Å². The van der Waals surface area contributed by atoms with E-state index in [1.54, 1.807) is 37.3 Å². The number of para-hydroxylation sites is 1. The van der Waals surface area contributed by atoms with E-state index in [4.69, 9.17) is 0 Å². The third kappa shape index (κ3) is 4.77. The summed E-state index contributed by atoms with van der Waals surface area (Å²) < 4.78 is 3.27. The summed E-state index contributed by atoms with van der Waals surface area (Å²) in [6.45, 7) is 3.32. The molecule has 8 nitrogen and oxygen atoms in total. The first-order chi connectivity index (χ1) is 14.7. The average Bonchev–Trinajstić information content (AvgIpc) is 2.73. The highest BCUT2D eigenvalue weighted by molar-refractivity contribution is 9.10. The number of nitrogens with zero attached hydrogens (tertiary/aromatic N) is 3. The quantitative estimate of drug-likeness (QED) is 0.578. The SMILES string of the molecule is CCn1c(=O)c2ccccc2n(CC(=O)N(C)CC(=O)Nc2ccc(Br)cc2C)c1=O. The molecule has 0 radical (unpaired) electrons. The lowest BCUT2D eigenvalue weighted by molar-refractivity contribution is -0.133. The van der Waals surface area contributed by atoms with Crippen molar-refractivity contribution in [3.8, 4) is 0 Å². The van der Waals surface area contributed by atoms with Gasteiger partial charge in [-0.3, -0.25) is 23.5 Å². The summed E-state index contributed by atoms with van der Waals surface area (Å²) in [5.41, 5.74) is 0.994. The number of benzene rings is 2. The van der Waals surface area contributed by atoms with Gasteiger partial charge in [0.1, 0.15) is 6.54 Å². The number of halogens is 1. The number of fused-ring (bicyclic) bond motifs is 1. The van der Waals surface area contributed by atoms with Crippen molar-refractivity contribution in [1.29, 1.82) is 0 Å². The Morgan fingerprint density at radius 3 is 2.48 bits per heavy atom. The number of rotatable bonds is 6. The molecule has 1 N–H and O–H groups in total. The van der Waals surface area contributed by atoms with E-state index in [1.165, 1.54) is 16.5 Å². The maximum absolute atomic E-state index is 12.8. The summed E-state index contributed by atoms with van der Waals surface area (Å²) in [7, 11) is 1.50. The van der Waals surface area contributed by atoms with Crippen LogP contribution in [0.25, 0.3) is 10.9 Å². The molecule has 0 aliphatic rings. The Morgan fingerprint density at radius 1 is 1.10 bits per heavy atom. The normalized spacial score (nSPS) is 10.8.